The van der Waals surface area contributed by atoms with Crippen molar-refractivity contribution in [1.82, 2.24) is 19.6 Å². The predicted octanol–water partition coefficient (Wildman–Crippen LogP) is 2.63. The number of nitrogens with one attached hydrogen (secondary N) is 1. The van der Waals surface area contributed by atoms with Crippen LogP contribution in [0.5, 0.6) is 0 Å². The Labute approximate surface area is 108 Å². The van der Waals surface area contributed by atoms with Gasteiger partial charge in [0, 0.05) is 12.6 Å². The van der Waals surface area contributed by atoms with Crippen molar-refractivity contribution in [2.24, 2.45) is 0 Å². The summed E-state index contributed by atoms with van der Waals surface area (Å²) < 4.78 is 1.78. The summed E-state index contributed by atoms with van der Waals surface area (Å²) in [5.74, 6) is 0.723. The van der Waals surface area contributed by atoms with Crippen molar-refractivity contribution >= 4 is 11.6 Å². The van der Waals surface area contributed by atoms with Gasteiger partial charge in [-0.15, -0.1) is 0 Å². The lowest BCUT2D eigenvalue weighted by molar-refractivity contribution is 0.416. The number of anilines is 1. The average Bonchev–Trinajstić information content (AvgIpc) is 2.83. The molecule has 2 aromatic rings. The minimum atomic E-state index is 0.135. The predicted molar refractivity (Wildman–Crippen MR) is 72.9 cm³/mol. The summed E-state index contributed by atoms with van der Waals surface area (Å²) in [4.78, 5) is 8.57. The van der Waals surface area contributed by atoms with Crippen LogP contribution in [0.2, 0.25) is 0 Å². The van der Waals surface area contributed by atoms with Crippen molar-refractivity contribution in [3.05, 3.63) is 18.1 Å². The Hall–Kier alpha value is -1.65. The van der Waals surface area contributed by atoms with Crippen LogP contribution in [0, 0.1) is 0 Å². The summed E-state index contributed by atoms with van der Waals surface area (Å²) in [7, 11) is 1.84. The first-order valence-corrected chi connectivity index (χ1v) is 6.53. The number of fused-ring (bicyclic) bond motifs is 1. The molecule has 0 spiro atoms. The Morgan fingerprint density at radius 2 is 2.11 bits per heavy atom. The van der Waals surface area contributed by atoms with Gasteiger partial charge in [0.05, 0.1) is 6.20 Å². The third-order valence-electron chi connectivity index (χ3n) is 3.76. The second-order valence-corrected chi connectivity index (χ2v) is 4.91. The second-order valence-electron chi connectivity index (χ2n) is 4.91. The normalized spacial score (nSPS) is 14.7. The summed E-state index contributed by atoms with van der Waals surface area (Å²) >= 11 is 0. The first-order valence-electron chi connectivity index (χ1n) is 6.53. The number of rotatable bonds is 5. The standard InChI is InChI=1S/C13H21N5/c1-5-7-13(3,6-2)10-8-17-18-11(10)15-9-16-12(18)14-4/h8-9H,5-7H2,1-4H3,(H,14,15,16). The van der Waals surface area contributed by atoms with E-state index in [0.29, 0.717) is 0 Å². The Morgan fingerprint density at radius 1 is 1.33 bits per heavy atom. The maximum Gasteiger partial charge on any atom is 0.227 e. The summed E-state index contributed by atoms with van der Waals surface area (Å²) in [6.07, 6.45) is 6.91. The topological polar surface area (TPSA) is 55.1 Å². The first kappa shape index (κ1) is 12.8. The maximum absolute atomic E-state index is 4.41. The number of hydrogen-bond donors (Lipinski definition) is 1. The van der Waals surface area contributed by atoms with E-state index in [9.17, 15) is 0 Å². The molecule has 0 aliphatic carbocycles. The summed E-state index contributed by atoms with van der Waals surface area (Å²) in [6, 6.07) is 0. The van der Waals surface area contributed by atoms with E-state index in [1.54, 1.807) is 10.8 Å². The van der Waals surface area contributed by atoms with Gasteiger partial charge in [0.1, 0.15) is 6.33 Å². The fraction of sp³-hybridized carbons (Fsp3) is 0.615. The second kappa shape index (κ2) is 4.92. The van der Waals surface area contributed by atoms with Crippen LogP contribution < -0.4 is 5.32 Å². The van der Waals surface area contributed by atoms with Gasteiger partial charge in [-0.05, 0) is 18.3 Å². The van der Waals surface area contributed by atoms with E-state index >= 15 is 0 Å². The van der Waals surface area contributed by atoms with E-state index in [1.165, 1.54) is 5.56 Å². The SMILES string of the molecule is CCCC(C)(CC)c1cnn2c(NC)ncnc12. The molecular formula is C13H21N5. The molecule has 2 heterocycles. The molecule has 5 nitrogen and oxygen atoms in total. The van der Waals surface area contributed by atoms with Crippen LogP contribution in [0.15, 0.2) is 12.5 Å². The van der Waals surface area contributed by atoms with Crippen LogP contribution in [-0.2, 0) is 5.41 Å². The zero-order chi connectivity index (χ0) is 13.2. The third-order valence-corrected chi connectivity index (χ3v) is 3.76. The van der Waals surface area contributed by atoms with Gasteiger partial charge in [0.25, 0.3) is 0 Å². The van der Waals surface area contributed by atoms with E-state index in [-0.39, 0.29) is 5.41 Å². The van der Waals surface area contributed by atoms with Crippen molar-refractivity contribution in [2.45, 2.75) is 45.4 Å². The molecule has 0 radical (unpaired) electrons. The maximum atomic E-state index is 4.41. The first-order chi connectivity index (χ1) is 8.66. The minimum absolute atomic E-state index is 0.135. The van der Waals surface area contributed by atoms with Gasteiger partial charge >= 0.3 is 0 Å². The van der Waals surface area contributed by atoms with Crippen LogP contribution in [-0.4, -0.2) is 26.6 Å². The molecule has 1 unspecified atom stereocenters. The molecule has 0 aliphatic rings. The molecule has 0 aliphatic heterocycles. The summed E-state index contributed by atoms with van der Waals surface area (Å²) in [6.45, 7) is 6.72. The monoisotopic (exact) mass is 247 g/mol. The van der Waals surface area contributed by atoms with Crippen LogP contribution in [0.25, 0.3) is 5.65 Å². The Morgan fingerprint density at radius 3 is 2.72 bits per heavy atom. The fourth-order valence-corrected chi connectivity index (χ4v) is 2.46. The van der Waals surface area contributed by atoms with Crippen molar-refractivity contribution in [3.63, 3.8) is 0 Å². The number of nitrogens with zero attached hydrogens (tertiary/aromatic N) is 4. The molecule has 18 heavy (non-hydrogen) atoms. The highest BCUT2D eigenvalue weighted by atomic mass is 15.3. The molecule has 0 bridgehead atoms. The Balaban J connectivity index is 2.58. The molecule has 1 N–H and O–H groups in total. The molecule has 2 rings (SSSR count). The highest BCUT2D eigenvalue weighted by Crippen LogP contribution is 2.34. The van der Waals surface area contributed by atoms with Crippen molar-refractivity contribution < 1.29 is 0 Å². The molecular weight excluding hydrogens is 226 g/mol. The largest absolute Gasteiger partial charge is 0.357 e. The van der Waals surface area contributed by atoms with Gasteiger partial charge < -0.3 is 5.32 Å². The molecule has 0 saturated heterocycles. The van der Waals surface area contributed by atoms with Crippen molar-refractivity contribution in [2.75, 3.05) is 12.4 Å². The highest BCUT2D eigenvalue weighted by Gasteiger charge is 2.28. The highest BCUT2D eigenvalue weighted by molar-refractivity contribution is 5.53. The zero-order valence-corrected chi connectivity index (χ0v) is 11.6. The number of hydrogen-bond acceptors (Lipinski definition) is 4. The minimum Gasteiger partial charge on any atom is -0.357 e. The van der Waals surface area contributed by atoms with E-state index < -0.39 is 0 Å². The Bertz CT molecular complexity index is 533. The lowest BCUT2D eigenvalue weighted by Crippen LogP contribution is -2.20. The molecule has 2 aromatic heterocycles. The molecule has 0 aromatic carbocycles. The van der Waals surface area contributed by atoms with Gasteiger partial charge in [-0.3, -0.25) is 0 Å². The van der Waals surface area contributed by atoms with E-state index in [0.717, 1.165) is 30.9 Å². The van der Waals surface area contributed by atoms with Crippen LogP contribution >= 0.6 is 0 Å². The number of aromatic nitrogens is 4. The van der Waals surface area contributed by atoms with Crippen molar-refractivity contribution in [3.8, 4) is 0 Å². The molecule has 0 amide bonds. The summed E-state index contributed by atoms with van der Waals surface area (Å²) in [5, 5.41) is 7.45. The van der Waals surface area contributed by atoms with Crippen LogP contribution in [0.3, 0.4) is 0 Å². The molecule has 5 heteroatoms. The van der Waals surface area contributed by atoms with Crippen molar-refractivity contribution in [1.29, 1.82) is 0 Å². The van der Waals surface area contributed by atoms with Gasteiger partial charge in [0.2, 0.25) is 5.95 Å². The van der Waals surface area contributed by atoms with Crippen LogP contribution in [0.4, 0.5) is 5.95 Å². The molecule has 98 valence electrons. The van der Waals surface area contributed by atoms with Crippen LogP contribution in [0.1, 0.15) is 45.6 Å². The molecule has 1 atom stereocenters. The van der Waals surface area contributed by atoms with Gasteiger partial charge in [-0.1, -0.05) is 27.2 Å². The lowest BCUT2D eigenvalue weighted by atomic mass is 9.78. The fourth-order valence-electron chi connectivity index (χ4n) is 2.46. The smallest absolute Gasteiger partial charge is 0.227 e. The van der Waals surface area contributed by atoms with Gasteiger partial charge in [0.15, 0.2) is 5.65 Å². The lowest BCUT2D eigenvalue weighted by Gasteiger charge is -2.26. The third kappa shape index (κ3) is 1.94. The van der Waals surface area contributed by atoms with Gasteiger partial charge in [-0.25, -0.2) is 9.97 Å². The average molecular weight is 247 g/mol. The van der Waals surface area contributed by atoms with E-state index in [1.807, 2.05) is 13.2 Å². The Kier molecular flexibility index (Phi) is 3.50. The quantitative estimate of drug-likeness (QED) is 0.882. The molecule has 0 saturated carbocycles. The zero-order valence-electron chi connectivity index (χ0n) is 11.6. The molecule has 0 fully saturated rings. The van der Waals surface area contributed by atoms with E-state index in [4.69, 9.17) is 0 Å². The summed E-state index contributed by atoms with van der Waals surface area (Å²) in [5.41, 5.74) is 2.26. The van der Waals surface area contributed by atoms with Gasteiger partial charge in [-0.2, -0.15) is 9.61 Å². The van der Waals surface area contributed by atoms with E-state index in [2.05, 4.69) is 41.2 Å².